The van der Waals surface area contributed by atoms with Crippen LogP contribution in [0.25, 0.3) is 0 Å². The highest BCUT2D eigenvalue weighted by Crippen LogP contribution is 2.23. The van der Waals surface area contributed by atoms with E-state index < -0.39 is 17.9 Å². The van der Waals surface area contributed by atoms with E-state index in [2.05, 4.69) is 10.3 Å². The molecule has 2 aromatic rings. The molecule has 0 aliphatic heterocycles. The molecule has 7 nitrogen and oxygen atoms in total. The zero-order valence-corrected chi connectivity index (χ0v) is 15.0. The smallest absolute Gasteiger partial charge is 0.308 e. The van der Waals surface area contributed by atoms with Gasteiger partial charge in [0.25, 0.3) is 5.91 Å². The number of rotatable bonds is 8. The van der Waals surface area contributed by atoms with Crippen molar-refractivity contribution >= 4 is 17.7 Å². The summed E-state index contributed by atoms with van der Waals surface area (Å²) in [6.45, 7) is 3.40. The molecule has 1 heterocycles. The first-order chi connectivity index (χ1) is 12.4. The molecule has 138 valence electrons. The van der Waals surface area contributed by atoms with Gasteiger partial charge < -0.3 is 19.8 Å². The van der Waals surface area contributed by atoms with Gasteiger partial charge in [-0.15, -0.1) is 0 Å². The molecule has 0 aliphatic rings. The van der Waals surface area contributed by atoms with Gasteiger partial charge in [-0.3, -0.25) is 14.4 Å². The first kappa shape index (κ1) is 19.2. The van der Waals surface area contributed by atoms with Gasteiger partial charge in [0.15, 0.2) is 5.78 Å². The normalized spacial score (nSPS) is 11.5. The molecule has 0 radical (unpaired) electrons. The molecular formula is C19H22N2O5. The summed E-state index contributed by atoms with van der Waals surface area (Å²) in [5.74, 6) is -0.369. The van der Waals surface area contributed by atoms with Crippen LogP contribution in [0.15, 0.2) is 36.5 Å². The average molecular weight is 358 g/mol. The lowest BCUT2D eigenvalue weighted by Gasteiger charge is -2.19. The van der Waals surface area contributed by atoms with Crippen LogP contribution in [-0.2, 0) is 9.53 Å². The Bertz CT molecular complexity index is 797. The number of nitrogens with one attached hydrogen (secondary N) is 2. The van der Waals surface area contributed by atoms with Crippen LogP contribution in [0.5, 0.6) is 5.75 Å². The van der Waals surface area contributed by atoms with E-state index in [0.29, 0.717) is 16.9 Å². The van der Waals surface area contributed by atoms with Crippen molar-refractivity contribution in [2.45, 2.75) is 26.3 Å². The molecular weight excluding hydrogens is 336 g/mol. The molecule has 1 aromatic carbocycles. The summed E-state index contributed by atoms with van der Waals surface area (Å²) in [4.78, 5) is 38.6. The van der Waals surface area contributed by atoms with Crippen LogP contribution in [0.4, 0.5) is 0 Å². The van der Waals surface area contributed by atoms with Gasteiger partial charge in [-0.05, 0) is 37.6 Å². The van der Waals surface area contributed by atoms with E-state index in [1.807, 2.05) is 0 Å². The number of ether oxygens (including phenoxy) is 2. The monoisotopic (exact) mass is 358 g/mol. The molecule has 2 rings (SSSR count). The molecule has 0 spiro atoms. The number of hydrogen-bond donors (Lipinski definition) is 2. The van der Waals surface area contributed by atoms with E-state index in [-0.39, 0.29) is 24.5 Å². The molecule has 0 saturated carbocycles. The zero-order valence-electron chi connectivity index (χ0n) is 15.0. The molecule has 0 unspecified atom stereocenters. The second-order valence-corrected chi connectivity index (χ2v) is 5.67. The number of amides is 1. The zero-order chi connectivity index (χ0) is 19.1. The topological polar surface area (TPSA) is 97.5 Å². The molecule has 26 heavy (non-hydrogen) atoms. The molecule has 1 aromatic heterocycles. The summed E-state index contributed by atoms with van der Waals surface area (Å²) in [6, 6.07) is 7.98. The molecule has 7 heteroatoms. The van der Waals surface area contributed by atoms with Gasteiger partial charge in [-0.1, -0.05) is 12.1 Å². The number of hydrogen-bond acceptors (Lipinski definition) is 5. The van der Waals surface area contributed by atoms with Crippen LogP contribution in [0.3, 0.4) is 0 Å². The SMILES string of the molecule is CCOC(=O)C[C@H](NC(=O)c1cc(C(C)=O)c[nH]1)c1cccc(OC)c1. The second-order valence-electron chi connectivity index (χ2n) is 5.67. The maximum absolute atomic E-state index is 12.5. The minimum atomic E-state index is -0.597. The second kappa shape index (κ2) is 8.84. The van der Waals surface area contributed by atoms with Crippen LogP contribution < -0.4 is 10.1 Å². The average Bonchev–Trinajstić information content (AvgIpc) is 3.12. The molecule has 0 aliphatic carbocycles. The van der Waals surface area contributed by atoms with Gasteiger partial charge in [-0.25, -0.2) is 0 Å². The Kier molecular flexibility index (Phi) is 6.54. The number of ketones is 1. The number of H-pyrrole nitrogens is 1. The number of carbonyl (C=O) groups is 3. The standard InChI is InChI=1S/C19H22N2O5/c1-4-26-18(23)10-16(13-6-5-7-15(8-13)25-3)21-19(24)17-9-14(11-20-17)12(2)22/h5-9,11,16,20H,4,10H2,1-3H3,(H,21,24)/t16-/m0/s1. The molecule has 0 fully saturated rings. The highest BCUT2D eigenvalue weighted by molar-refractivity contribution is 5.99. The maximum Gasteiger partial charge on any atom is 0.308 e. The summed E-state index contributed by atoms with van der Waals surface area (Å²) < 4.78 is 10.2. The van der Waals surface area contributed by atoms with Crippen molar-refractivity contribution in [1.29, 1.82) is 0 Å². The van der Waals surface area contributed by atoms with Crippen molar-refractivity contribution in [1.82, 2.24) is 10.3 Å². The fraction of sp³-hybridized carbons (Fsp3) is 0.316. The number of Topliss-reactive ketones (excluding diaryl/α,β-unsaturated/α-hetero) is 1. The molecule has 1 amide bonds. The van der Waals surface area contributed by atoms with Crippen LogP contribution in [0.2, 0.25) is 0 Å². The minimum absolute atomic E-state index is 0.0208. The number of carbonyl (C=O) groups excluding carboxylic acids is 3. The fourth-order valence-electron chi connectivity index (χ4n) is 2.46. The van der Waals surface area contributed by atoms with Gasteiger partial charge in [0.05, 0.1) is 26.2 Å². The van der Waals surface area contributed by atoms with Gasteiger partial charge in [-0.2, -0.15) is 0 Å². The maximum atomic E-state index is 12.5. The van der Waals surface area contributed by atoms with E-state index in [4.69, 9.17) is 9.47 Å². The Balaban J connectivity index is 2.22. The lowest BCUT2D eigenvalue weighted by Crippen LogP contribution is -2.31. The first-order valence-corrected chi connectivity index (χ1v) is 8.24. The predicted molar refractivity (Wildman–Crippen MR) is 95.2 cm³/mol. The molecule has 2 N–H and O–H groups in total. The van der Waals surface area contributed by atoms with Crippen molar-refractivity contribution < 1.29 is 23.9 Å². The van der Waals surface area contributed by atoms with Gasteiger partial charge in [0, 0.05) is 11.8 Å². The molecule has 0 bridgehead atoms. The largest absolute Gasteiger partial charge is 0.497 e. The van der Waals surface area contributed by atoms with Gasteiger partial charge >= 0.3 is 5.97 Å². The highest BCUT2D eigenvalue weighted by Gasteiger charge is 2.21. The number of methoxy groups -OCH3 is 1. The summed E-state index contributed by atoms with van der Waals surface area (Å²) in [7, 11) is 1.54. The highest BCUT2D eigenvalue weighted by atomic mass is 16.5. The third-order valence-electron chi connectivity index (χ3n) is 3.81. The summed E-state index contributed by atoms with van der Waals surface area (Å²) in [6.07, 6.45) is 1.45. The summed E-state index contributed by atoms with van der Waals surface area (Å²) in [5, 5.41) is 2.80. The summed E-state index contributed by atoms with van der Waals surface area (Å²) in [5.41, 5.74) is 1.37. The van der Waals surface area contributed by atoms with E-state index in [1.54, 1.807) is 38.3 Å². The number of aromatic amines is 1. The van der Waals surface area contributed by atoms with Crippen LogP contribution in [-0.4, -0.2) is 36.4 Å². The Labute approximate surface area is 151 Å². The Morgan fingerprint density at radius 3 is 2.62 bits per heavy atom. The lowest BCUT2D eigenvalue weighted by molar-refractivity contribution is -0.143. The van der Waals surface area contributed by atoms with Crippen LogP contribution in [0, 0.1) is 0 Å². The van der Waals surface area contributed by atoms with Crippen LogP contribution >= 0.6 is 0 Å². The number of benzene rings is 1. The Morgan fingerprint density at radius 2 is 2.00 bits per heavy atom. The Morgan fingerprint density at radius 1 is 1.23 bits per heavy atom. The van der Waals surface area contributed by atoms with Crippen molar-refractivity contribution in [2.24, 2.45) is 0 Å². The fourth-order valence-corrected chi connectivity index (χ4v) is 2.46. The van der Waals surface area contributed by atoms with E-state index in [9.17, 15) is 14.4 Å². The van der Waals surface area contributed by atoms with Gasteiger partial charge in [0.2, 0.25) is 0 Å². The quantitative estimate of drug-likeness (QED) is 0.558. The number of esters is 1. The van der Waals surface area contributed by atoms with Crippen molar-refractivity contribution in [3.05, 3.63) is 53.3 Å². The Hall–Kier alpha value is -3.09. The van der Waals surface area contributed by atoms with E-state index in [0.717, 1.165) is 0 Å². The predicted octanol–water partition coefficient (Wildman–Crippen LogP) is 2.65. The van der Waals surface area contributed by atoms with E-state index in [1.165, 1.54) is 19.2 Å². The third-order valence-corrected chi connectivity index (χ3v) is 3.81. The van der Waals surface area contributed by atoms with Gasteiger partial charge in [0.1, 0.15) is 11.4 Å². The third kappa shape index (κ3) is 4.95. The van der Waals surface area contributed by atoms with Crippen molar-refractivity contribution in [2.75, 3.05) is 13.7 Å². The van der Waals surface area contributed by atoms with Crippen molar-refractivity contribution in [3.8, 4) is 5.75 Å². The van der Waals surface area contributed by atoms with Crippen LogP contribution in [0.1, 0.15) is 52.7 Å². The molecule has 0 saturated heterocycles. The van der Waals surface area contributed by atoms with Crippen molar-refractivity contribution in [3.63, 3.8) is 0 Å². The van der Waals surface area contributed by atoms with E-state index >= 15 is 0 Å². The minimum Gasteiger partial charge on any atom is -0.497 e. The molecule has 1 atom stereocenters. The summed E-state index contributed by atoms with van der Waals surface area (Å²) >= 11 is 0. The first-order valence-electron chi connectivity index (χ1n) is 8.24. The number of aromatic nitrogens is 1. The lowest BCUT2D eigenvalue weighted by atomic mass is 10.0.